The van der Waals surface area contributed by atoms with Gasteiger partial charge in [-0.15, -0.1) is 0 Å². The summed E-state index contributed by atoms with van der Waals surface area (Å²) >= 11 is 15.8. The number of barbiturate groups is 1. The van der Waals surface area contributed by atoms with Gasteiger partial charge in [0.2, 0.25) is 0 Å². The summed E-state index contributed by atoms with van der Waals surface area (Å²) in [6, 6.07) is 29.7. The van der Waals surface area contributed by atoms with Crippen LogP contribution in [0.25, 0.3) is 16.8 Å². The fourth-order valence-corrected chi connectivity index (χ4v) is 5.55. The lowest BCUT2D eigenvalue weighted by molar-refractivity contribution is -0.122. The van der Waals surface area contributed by atoms with Gasteiger partial charge in [0.1, 0.15) is 30.3 Å². The van der Waals surface area contributed by atoms with E-state index >= 15 is 0 Å². The molecule has 0 radical (unpaired) electrons. The molecule has 224 valence electrons. The molecule has 1 aliphatic heterocycles. The van der Waals surface area contributed by atoms with Gasteiger partial charge in [0.15, 0.2) is 0 Å². The number of hydrogen-bond donors (Lipinski definition) is 1. The number of carbonyl (C=O) groups is 3. The Labute approximate surface area is 277 Å². The molecule has 1 heterocycles. The van der Waals surface area contributed by atoms with Crippen molar-refractivity contribution < 1.29 is 23.9 Å². The predicted octanol–water partition coefficient (Wildman–Crippen LogP) is 8.73. The number of amides is 4. The number of benzene rings is 5. The van der Waals surface area contributed by atoms with Crippen LogP contribution in [-0.4, -0.2) is 17.8 Å². The number of fused-ring (bicyclic) bond motifs is 1. The third-order valence-electron chi connectivity index (χ3n) is 7.13. The molecule has 5 aromatic rings. The molecular weight excluding hydrogens is 679 g/mol. The van der Waals surface area contributed by atoms with E-state index in [0.717, 1.165) is 25.7 Å². The lowest BCUT2D eigenvalue weighted by Gasteiger charge is -2.26. The van der Waals surface area contributed by atoms with Crippen molar-refractivity contribution in [3.05, 3.63) is 140 Å². The fraction of sp³-hybridized carbons (Fsp3) is 0.0571. The molecule has 1 saturated heterocycles. The molecule has 0 saturated carbocycles. The summed E-state index contributed by atoms with van der Waals surface area (Å²) < 4.78 is 13.0. The summed E-state index contributed by atoms with van der Waals surface area (Å²) in [6.07, 6.45) is 1.45. The molecule has 1 N–H and O–H groups in total. The van der Waals surface area contributed by atoms with Gasteiger partial charge < -0.3 is 9.47 Å². The SMILES string of the molecule is O=C1NC(=O)N(c2ccc(OCc3ccc(Br)cc3)cc2)C(=O)/C1=C/c1c(OCc2ccc(Cl)cc2Cl)ccc2ccccc12. The second kappa shape index (κ2) is 13.2. The Hall–Kier alpha value is -4.63. The summed E-state index contributed by atoms with van der Waals surface area (Å²) in [5.74, 6) is -0.609. The highest BCUT2D eigenvalue weighted by Crippen LogP contribution is 2.33. The summed E-state index contributed by atoms with van der Waals surface area (Å²) in [5, 5.41) is 4.86. The molecular formula is C35H23BrCl2N2O5. The summed E-state index contributed by atoms with van der Waals surface area (Å²) in [6.45, 7) is 0.461. The van der Waals surface area contributed by atoms with E-state index < -0.39 is 17.8 Å². The van der Waals surface area contributed by atoms with Crippen molar-refractivity contribution in [2.45, 2.75) is 13.2 Å². The Kier molecular flexibility index (Phi) is 8.89. The van der Waals surface area contributed by atoms with Gasteiger partial charge in [-0.25, -0.2) is 9.69 Å². The van der Waals surface area contributed by atoms with Crippen molar-refractivity contribution in [1.82, 2.24) is 5.32 Å². The number of carbonyl (C=O) groups excluding carboxylic acids is 3. The highest BCUT2D eigenvalue weighted by molar-refractivity contribution is 9.10. The number of ether oxygens (including phenoxy) is 2. The van der Waals surface area contributed by atoms with Crippen LogP contribution in [0, 0.1) is 0 Å². The van der Waals surface area contributed by atoms with Crippen LogP contribution in [0.1, 0.15) is 16.7 Å². The number of imide groups is 2. The van der Waals surface area contributed by atoms with E-state index in [2.05, 4.69) is 21.2 Å². The Morgan fingerprint density at radius 2 is 1.56 bits per heavy atom. The van der Waals surface area contributed by atoms with E-state index in [0.29, 0.717) is 39.3 Å². The first-order valence-corrected chi connectivity index (χ1v) is 15.3. The topological polar surface area (TPSA) is 84.9 Å². The average molecular weight is 702 g/mol. The molecule has 1 fully saturated rings. The molecule has 1 aliphatic rings. The smallest absolute Gasteiger partial charge is 0.335 e. The van der Waals surface area contributed by atoms with Crippen LogP contribution in [0.4, 0.5) is 10.5 Å². The van der Waals surface area contributed by atoms with Crippen molar-refractivity contribution in [3.63, 3.8) is 0 Å². The average Bonchev–Trinajstić information content (AvgIpc) is 3.03. The number of nitrogens with zero attached hydrogens (tertiary/aromatic N) is 1. The monoisotopic (exact) mass is 700 g/mol. The maximum absolute atomic E-state index is 13.7. The zero-order valence-electron chi connectivity index (χ0n) is 23.4. The molecule has 7 nitrogen and oxygen atoms in total. The molecule has 6 rings (SSSR count). The predicted molar refractivity (Wildman–Crippen MR) is 179 cm³/mol. The summed E-state index contributed by atoms with van der Waals surface area (Å²) in [7, 11) is 0. The maximum atomic E-state index is 13.7. The first-order valence-electron chi connectivity index (χ1n) is 13.7. The van der Waals surface area contributed by atoms with Gasteiger partial charge in [-0.2, -0.15) is 0 Å². The number of rotatable bonds is 8. The quantitative estimate of drug-likeness (QED) is 0.129. The molecule has 0 aliphatic carbocycles. The van der Waals surface area contributed by atoms with Crippen molar-refractivity contribution in [2.24, 2.45) is 0 Å². The normalized spacial score (nSPS) is 14.2. The minimum Gasteiger partial charge on any atom is -0.489 e. The highest BCUT2D eigenvalue weighted by Gasteiger charge is 2.37. The molecule has 0 bridgehead atoms. The van der Waals surface area contributed by atoms with Crippen molar-refractivity contribution >= 4 is 79.5 Å². The highest BCUT2D eigenvalue weighted by atomic mass is 79.9. The van der Waals surface area contributed by atoms with E-state index in [1.807, 2.05) is 54.6 Å². The minimum absolute atomic E-state index is 0.117. The van der Waals surface area contributed by atoms with Crippen molar-refractivity contribution in [1.29, 1.82) is 0 Å². The van der Waals surface area contributed by atoms with Crippen LogP contribution in [0.3, 0.4) is 0 Å². The standard InChI is InChI=1S/C35H23BrCl2N2O5/c36-24-9-5-21(6-10-24)19-44-27-14-12-26(13-15-27)40-34(42)30(33(41)39-35(40)43)18-29-28-4-2-1-3-22(28)8-16-32(29)45-20-23-7-11-25(37)17-31(23)38/h1-18H,19-20H2,(H,39,41,43)/b30-18+. The van der Waals surface area contributed by atoms with Crippen LogP contribution in [0.15, 0.2) is 113 Å². The van der Waals surface area contributed by atoms with Crippen LogP contribution in [-0.2, 0) is 22.8 Å². The third kappa shape index (κ3) is 6.73. The number of halogens is 3. The second-order valence-corrected chi connectivity index (χ2v) is 11.8. The van der Waals surface area contributed by atoms with Gasteiger partial charge in [-0.1, -0.05) is 87.7 Å². The van der Waals surface area contributed by atoms with Gasteiger partial charge >= 0.3 is 6.03 Å². The number of urea groups is 1. The maximum Gasteiger partial charge on any atom is 0.335 e. The number of nitrogens with one attached hydrogen (secondary N) is 1. The van der Waals surface area contributed by atoms with Gasteiger partial charge in [-0.3, -0.25) is 14.9 Å². The molecule has 0 atom stereocenters. The van der Waals surface area contributed by atoms with Crippen LogP contribution < -0.4 is 19.7 Å². The van der Waals surface area contributed by atoms with Crippen LogP contribution >= 0.6 is 39.1 Å². The van der Waals surface area contributed by atoms with Crippen LogP contribution in [0.5, 0.6) is 11.5 Å². The van der Waals surface area contributed by atoms with Crippen molar-refractivity contribution in [2.75, 3.05) is 4.90 Å². The van der Waals surface area contributed by atoms with Gasteiger partial charge in [0, 0.05) is 25.6 Å². The first kappa shape index (κ1) is 30.4. The first-order chi connectivity index (χ1) is 21.8. The molecule has 10 heteroatoms. The molecule has 45 heavy (non-hydrogen) atoms. The van der Waals surface area contributed by atoms with Crippen LogP contribution in [0.2, 0.25) is 10.0 Å². The third-order valence-corrected chi connectivity index (χ3v) is 8.25. The minimum atomic E-state index is -0.850. The second-order valence-electron chi connectivity index (χ2n) is 10.1. The largest absolute Gasteiger partial charge is 0.489 e. The Morgan fingerprint density at radius 1 is 0.800 bits per heavy atom. The fourth-order valence-electron chi connectivity index (χ4n) is 4.82. The van der Waals surface area contributed by atoms with Gasteiger partial charge in [0.05, 0.1) is 5.69 Å². The van der Waals surface area contributed by atoms with E-state index in [-0.39, 0.29) is 17.9 Å². The lowest BCUT2D eigenvalue weighted by Crippen LogP contribution is -2.54. The lowest BCUT2D eigenvalue weighted by atomic mass is 9.99. The molecule has 4 amide bonds. The molecule has 0 spiro atoms. The summed E-state index contributed by atoms with van der Waals surface area (Å²) in [4.78, 5) is 40.6. The van der Waals surface area contributed by atoms with Crippen molar-refractivity contribution in [3.8, 4) is 11.5 Å². The summed E-state index contributed by atoms with van der Waals surface area (Å²) in [5.41, 5.74) is 2.24. The number of hydrogen-bond acceptors (Lipinski definition) is 5. The van der Waals surface area contributed by atoms with Gasteiger partial charge in [-0.05, 0) is 77.0 Å². The van der Waals surface area contributed by atoms with E-state index in [1.54, 1.807) is 48.5 Å². The Bertz CT molecular complexity index is 1980. The van der Waals surface area contributed by atoms with E-state index in [4.69, 9.17) is 32.7 Å². The number of anilines is 1. The molecule has 0 unspecified atom stereocenters. The van der Waals surface area contributed by atoms with E-state index in [1.165, 1.54) is 6.08 Å². The van der Waals surface area contributed by atoms with Gasteiger partial charge in [0.25, 0.3) is 11.8 Å². The Balaban J connectivity index is 1.29. The zero-order valence-corrected chi connectivity index (χ0v) is 26.5. The zero-order chi connectivity index (χ0) is 31.5. The molecule has 0 aromatic heterocycles. The van der Waals surface area contributed by atoms with E-state index in [9.17, 15) is 14.4 Å². The Morgan fingerprint density at radius 3 is 2.31 bits per heavy atom. The molecule has 5 aromatic carbocycles.